The fourth-order valence-electron chi connectivity index (χ4n) is 2.35. The van der Waals surface area contributed by atoms with Crippen LogP contribution in [0.5, 0.6) is 0 Å². The van der Waals surface area contributed by atoms with Gasteiger partial charge in [0, 0.05) is 0 Å². The van der Waals surface area contributed by atoms with Crippen molar-refractivity contribution in [2.24, 2.45) is 5.41 Å². The smallest absolute Gasteiger partial charge is 0.312 e. The van der Waals surface area contributed by atoms with E-state index < -0.39 is 11.0 Å². The van der Waals surface area contributed by atoms with E-state index in [1.807, 2.05) is 45.9 Å². The first-order valence-corrected chi connectivity index (χ1v) is 7.46. The lowest BCUT2D eigenvalue weighted by atomic mass is 9.77. The third-order valence-electron chi connectivity index (χ3n) is 3.80. The summed E-state index contributed by atoms with van der Waals surface area (Å²) in [7, 11) is 0. The van der Waals surface area contributed by atoms with Crippen molar-refractivity contribution in [3.05, 3.63) is 35.9 Å². The molecule has 2 nitrogen and oxygen atoms in total. The summed E-state index contributed by atoms with van der Waals surface area (Å²) in [6.45, 7) is 12.0. The molecule has 0 bridgehead atoms. The third kappa shape index (κ3) is 4.66. The monoisotopic (exact) mass is 276 g/mol. The summed E-state index contributed by atoms with van der Waals surface area (Å²) in [6.07, 6.45) is 1.60. The van der Waals surface area contributed by atoms with Gasteiger partial charge in [0.05, 0.1) is 5.41 Å². The zero-order valence-electron chi connectivity index (χ0n) is 13.7. The van der Waals surface area contributed by atoms with Crippen LogP contribution in [0.4, 0.5) is 0 Å². The van der Waals surface area contributed by atoms with E-state index in [2.05, 4.69) is 26.0 Å². The van der Waals surface area contributed by atoms with E-state index in [-0.39, 0.29) is 5.97 Å². The van der Waals surface area contributed by atoms with Crippen LogP contribution < -0.4 is 0 Å². The number of hydrogen-bond acceptors (Lipinski definition) is 2. The van der Waals surface area contributed by atoms with Crippen LogP contribution in [0.3, 0.4) is 0 Å². The second kappa shape index (κ2) is 6.43. The molecule has 1 rings (SSSR count). The van der Waals surface area contributed by atoms with Gasteiger partial charge >= 0.3 is 5.97 Å². The fourth-order valence-corrected chi connectivity index (χ4v) is 2.35. The zero-order chi connectivity index (χ0) is 15.4. The summed E-state index contributed by atoms with van der Waals surface area (Å²) in [6, 6.07) is 10.3. The van der Waals surface area contributed by atoms with Crippen LogP contribution in [0.15, 0.2) is 30.3 Å². The first kappa shape index (κ1) is 16.7. The van der Waals surface area contributed by atoms with Gasteiger partial charge in [-0.05, 0) is 52.0 Å². The molecule has 0 saturated carbocycles. The van der Waals surface area contributed by atoms with E-state index in [0.717, 1.165) is 12.8 Å². The average Bonchev–Trinajstić information content (AvgIpc) is 2.37. The van der Waals surface area contributed by atoms with E-state index in [9.17, 15) is 4.79 Å². The van der Waals surface area contributed by atoms with Crippen molar-refractivity contribution in [2.45, 2.75) is 65.9 Å². The maximum atomic E-state index is 12.5. The average molecular weight is 276 g/mol. The maximum absolute atomic E-state index is 12.5. The molecule has 0 aromatic heterocycles. The van der Waals surface area contributed by atoms with Crippen LogP contribution in [-0.4, -0.2) is 11.6 Å². The number of benzene rings is 1. The third-order valence-corrected chi connectivity index (χ3v) is 3.80. The number of esters is 1. The number of hydrogen-bond donors (Lipinski definition) is 0. The molecular weight excluding hydrogens is 248 g/mol. The van der Waals surface area contributed by atoms with Gasteiger partial charge in [-0.1, -0.05) is 44.2 Å². The number of ether oxygens (including phenoxy) is 1. The van der Waals surface area contributed by atoms with Gasteiger partial charge in [-0.3, -0.25) is 4.79 Å². The topological polar surface area (TPSA) is 26.3 Å². The molecule has 2 unspecified atom stereocenters. The van der Waals surface area contributed by atoms with Gasteiger partial charge in [0.1, 0.15) is 5.60 Å². The van der Waals surface area contributed by atoms with Crippen LogP contribution in [0, 0.1) is 5.41 Å². The molecule has 20 heavy (non-hydrogen) atoms. The van der Waals surface area contributed by atoms with Crippen molar-refractivity contribution >= 4 is 5.97 Å². The molecule has 0 heterocycles. The van der Waals surface area contributed by atoms with Crippen molar-refractivity contribution in [3.8, 4) is 0 Å². The molecule has 0 aliphatic carbocycles. The summed E-state index contributed by atoms with van der Waals surface area (Å²) in [5.41, 5.74) is 0.419. The van der Waals surface area contributed by atoms with Crippen LogP contribution in [0.25, 0.3) is 0 Å². The molecule has 0 aliphatic rings. The zero-order valence-corrected chi connectivity index (χ0v) is 13.7. The summed E-state index contributed by atoms with van der Waals surface area (Å²) < 4.78 is 5.59. The molecule has 0 amide bonds. The molecular formula is C18H28O2. The van der Waals surface area contributed by atoms with Gasteiger partial charge in [0.2, 0.25) is 0 Å². The molecule has 112 valence electrons. The normalized spacial score (nSPS) is 16.3. The minimum Gasteiger partial charge on any atom is -0.460 e. The predicted octanol–water partition coefficient (Wildman–Crippen LogP) is 4.94. The lowest BCUT2D eigenvalue weighted by Gasteiger charge is -2.32. The molecule has 1 aromatic carbocycles. The second-order valence-corrected chi connectivity index (χ2v) is 6.93. The first-order valence-electron chi connectivity index (χ1n) is 7.46. The SMILES string of the molecule is CCC(C)(CC(C)c1ccccc1)C(=O)OC(C)(C)C. The maximum Gasteiger partial charge on any atom is 0.312 e. The summed E-state index contributed by atoms with van der Waals surface area (Å²) >= 11 is 0. The Morgan fingerprint density at radius 3 is 2.15 bits per heavy atom. The Morgan fingerprint density at radius 2 is 1.70 bits per heavy atom. The highest BCUT2D eigenvalue weighted by Gasteiger charge is 2.36. The number of carbonyl (C=O) groups excluding carboxylic acids is 1. The minimum atomic E-state index is -0.428. The van der Waals surface area contributed by atoms with Crippen LogP contribution >= 0.6 is 0 Å². The Hall–Kier alpha value is -1.31. The standard InChI is InChI=1S/C18H28O2/c1-7-18(6,16(19)20-17(3,4)5)13-14(2)15-11-9-8-10-12-15/h8-12,14H,7,13H2,1-6H3. The van der Waals surface area contributed by atoms with E-state index in [1.165, 1.54) is 5.56 Å². The lowest BCUT2D eigenvalue weighted by Crippen LogP contribution is -2.36. The molecule has 0 spiro atoms. The quantitative estimate of drug-likeness (QED) is 0.712. The second-order valence-electron chi connectivity index (χ2n) is 6.93. The van der Waals surface area contributed by atoms with E-state index >= 15 is 0 Å². The number of carbonyl (C=O) groups is 1. The molecule has 0 N–H and O–H groups in total. The lowest BCUT2D eigenvalue weighted by molar-refractivity contribution is -0.167. The van der Waals surface area contributed by atoms with Crippen molar-refractivity contribution in [2.75, 3.05) is 0 Å². The Morgan fingerprint density at radius 1 is 1.15 bits per heavy atom. The molecule has 0 fully saturated rings. The predicted molar refractivity (Wildman–Crippen MR) is 83.7 cm³/mol. The van der Waals surface area contributed by atoms with E-state index in [1.54, 1.807) is 0 Å². The Labute approximate surface area is 123 Å². The van der Waals surface area contributed by atoms with Gasteiger partial charge in [0.15, 0.2) is 0 Å². The first-order chi connectivity index (χ1) is 9.18. The van der Waals surface area contributed by atoms with Gasteiger partial charge < -0.3 is 4.74 Å². The Bertz CT molecular complexity index is 430. The highest BCUT2D eigenvalue weighted by atomic mass is 16.6. The molecule has 0 aliphatic heterocycles. The Kier molecular flexibility index (Phi) is 5.38. The molecule has 1 aromatic rings. The van der Waals surface area contributed by atoms with Crippen LogP contribution in [-0.2, 0) is 9.53 Å². The molecule has 2 atom stereocenters. The summed E-state index contributed by atoms with van der Waals surface area (Å²) in [5.74, 6) is 0.254. The Balaban J connectivity index is 2.82. The van der Waals surface area contributed by atoms with Crippen molar-refractivity contribution in [1.29, 1.82) is 0 Å². The van der Waals surface area contributed by atoms with E-state index in [0.29, 0.717) is 5.92 Å². The van der Waals surface area contributed by atoms with E-state index in [4.69, 9.17) is 4.74 Å². The summed E-state index contributed by atoms with van der Waals surface area (Å²) in [5, 5.41) is 0. The molecule has 0 radical (unpaired) electrons. The minimum absolute atomic E-state index is 0.0877. The van der Waals surface area contributed by atoms with Gasteiger partial charge in [-0.25, -0.2) is 0 Å². The highest BCUT2D eigenvalue weighted by Crippen LogP contribution is 2.36. The summed E-state index contributed by atoms with van der Waals surface area (Å²) in [4.78, 5) is 12.5. The van der Waals surface area contributed by atoms with Crippen molar-refractivity contribution in [3.63, 3.8) is 0 Å². The molecule has 2 heteroatoms. The fraction of sp³-hybridized carbons (Fsp3) is 0.611. The largest absolute Gasteiger partial charge is 0.460 e. The van der Waals surface area contributed by atoms with Crippen molar-refractivity contribution < 1.29 is 9.53 Å². The van der Waals surface area contributed by atoms with Gasteiger partial charge in [-0.2, -0.15) is 0 Å². The number of rotatable bonds is 5. The van der Waals surface area contributed by atoms with Gasteiger partial charge in [-0.15, -0.1) is 0 Å². The molecule has 0 saturated heterocycles. The highest BCUT2D eigenvalue weighted by molar-refractivity contribution is 5.76. The van der Waals surface area contributed by atoms with Crippen LogP contribution in [0.2, 0.25) is 0 Å². The van der Waals surface area contributed by atoms with Crippen molar-refractivity contribution in [1.82, 2.24) is 0 Å². The van der Waals surface area contributed by atoms with Gasteiger partial charge in [0.25, 0.3) is 0 Å². The van der Waals surface area contributed by atoms with Crippen LogP contribution in [0.1, 0.15) is 65.9 Å².